The van der Waals surface area contributed by atoms with Gasteiger partial charge in [-0.25, -0.2) is 9.97 Å². The molecule has 0 aliphatic carbocycles. The topological polar surface area (TPSA) is 46.0 Å². The maximum atomic E-state index is 8.80. The van der Waals surface area contributed by atoms with Crippen LogP contribution in [-0.4, -0.2) is 33.2 Å². The third-order valence-corrected chi connectivity index (χ3v) is 3.32. The average Bonchev–Trinajstić information content (AvgIpc) is 2.42. The molecule has 4 heteroatoms. The van der Waals surface area contributed by atoms with E-state index in [-0.39, 0.29) is 6.61 Å². The zero-order valence-corrected chi connectivity index (χ0v) is 8.89. The first-order chi connectivity index (χ1) is 6.90. The molecule has 0 saturated carbocycles. The maximum absolute atomic E-state index is 8.80. The normalized spacial score (nSPS) is 16.1. The van der Waals surface area contributed by atoms with Gasteiger partial charge in [0.2, 0.25) is 0 Å². The molecule has 1 aliphatic rings. The summed E-state index contributed by atoms with van der Waals surface area (Å²) >= 11 is 1.97. The number of hydrogen-bond donors (Lipinski definition) is 1. The molecule has 2 rings (SSSR count). The number of nitrogens with zero attached hydrogens (tertiary/aromatic N) is 2. The Morgan fingerprint density at radius 1 is 1.36 bits per heavy atom. The molecule has 0 fully saturated rings. The quantitative estimate of drug-likeness (QED) is 0.786. The van der Waals surface area contributed by atoms with Crippen LogP contribution in [-0.2, 0) is 19.3 Å². The summed E-state index contributed by atoms with van der Waals surface area (Å²) in [4.78, 5) is 8.72. The van der Waals surface area contributed by atoms with Crippen molar-refractivity contribution >= 4 is 11.8 Å². The molecule has 3 nitrogen and oxygen atoms in total. The van der Waals surface area contributed by atoms with Crippen molar-refractivity contribution in [2.45, 2.75) is 19.3 Å². The van der Waals surface area contributed by atoms with Crippen LogP contribution in [0.15, 0.2) is 6.20 Å². The number of aryl methyl sites for hydroxylation is 2. The Labute approximate surface area is 88.0 Å². The van der Waals surface area contributed by atoms with Crippen LogP contribution in [0.3, 0.4) is 0 Å². The van der Waals surface area contributed by atoms with E-state index in [1.165, 1.54) is 17.0 Å². The molecule has 2 heterocycles. The van der Waals surface area contributed by atoms with Gasteiger partial charge in [-0.05, 0) is 29.9 Å². The number of fused-ring (bicyclic) bond motifs is 1. The van der Waals surface area contributed by atoms with E-state index < -0.39 is 0 Å². The minimum atomic E-state index is 0.132. The fourth-order valence-electron chi connectivity index (χ4n) is 1.58. The van der Waals surface area contributed by atoms with Gasteiger partial charge in [0.05, 0.1) is 6.61 Å². The SMILES string of the molecule is OCCc1ncc2c(n1)CCSCC2. The molecule has 0 atom stereocenters. The molecule has 0 spiro atoms. The molecule has 0 amide bonds. The first-order valence-corrected chi connectivity index (χ1v) is 6.08. The highest BCUT2D eigenvalue weighted by Crippen LogP contribution is 2.17. The van der Waals surface area contributed by atoms with Crippen molar-refractivity contribution in [1.29, 1.82) is 0 Å². The summed E-state index contributed by atoms with van der Waals surface area (Å²) in [6.07, 6.45) is 4.62. The van der Waals surface area contributed by atoms with Crippen LogP contribution < -0.4 is 0 Å². The zero-order chi connectivity index (χ0) is 9.80. The molecule has 1 aliphatic heterocycles. The van der Waals surface area contributed by atoms with E-state index in [1.807, 2.05) is 18.0 Å². The molecule has 0 aromatic carbocycles. The van der Waals surface area contributed by atoms with Crippen LogP contribution >= 0.6 is 11.8 Å². The molecule has 1 aromatic rings. The summed E-state index contributed by atoms with van der Waals surface area (Å²) < 4.78 is 0. The lowest BCUT2D eigenvalue weighted by atomic mass is 10.1. The van der Waals surface area contributed by atoms with E-state index >= 15 is 0 Å². The van der Waals surface area contributed by atoms with Gasteiger partial charge in [0, 0.05) is 18.3 Å². The molecule has 0 unspecified atom stereocenters. The lowest BCUT2D eigenvalue weighted by Gasteiger charge is -2.05. The summed E-state index contributed by atoms with van der Waals surface area (Å²) in [5.41, 5.74) is 2.48. The highest BCUT2D eigenvalue weighted by atomic mass is 32.2. The van der Waals surface area contributed by atoms with Crippen LogP contribution in [0.2, 0.25) is 0 Å². The fourth-order valence-corrected chi connectivity index (χ4v) is 2.49. The van der Waals surface area contributed by atoms with Gasteiger partial charge < -0.3 is 5.11 Å². The van der Waals surface area contributed by atoms with Crippen LogP contribution in [0.5, 0.6) is 0 Å². The van der Waals surface area contributed by atoms with Crippen LogP contribution in [0, 0.1) is 0 Å². The van der Waals surface area contributed by atoms with Gasteiger partial charge in [-0.1, -0.05) is 0 Å². The van der Waals surface area contributed by atoms with Crippen molar-refractivity contribution in [3.63, 3.8) is 0 Å². The Bertz CT molecular complexity index is 317. The van der Waals surface area contributed by atoms with Crippen LogP contribution in [0.25, 0.3) is 0 Å². The monoisotopic (exact) mass is 210 g/mol. The van der Waals surface area contributed by atoms with Crippen LogP contribution in [0.4, 0.5) is 0 Å². The van der Waals surface area contributed by atoms with Gasteiger partial charge in [0.25, 0.3) is 0 Å². The third-order valence-electron chi connectivity index (χ3n) is 2.34. The van der Waals surface area contributed by atoms with Crippen molar-refractivity contribution in [3.05, 3.63) is 23.3 Å². The molecule has 14 heavy (non-hydrogen) atoms. The largest absolute Gasteiger partial charge is 0.396 e. The summed E-state index contributed by atoms with van der Waals surface area (Å²) in [6.45, 7) is 0.132. The maximum Gasteiger partial charge on any atom is 0.130 e. The van der Waals surface area contributed by atoms with Gasteiger partial charge in [-0.3, -0.25) is 0 Å². The first-order valence-electron chi connectivity index (χ1n) is 4.92. The second-order valence-electron chi connectivity index (χ2n) is 3.34. The second kappa shape index (κ2) is 4.75. The van der Waals surface area contributed by atoms with Crippen molar-refractivity contribution in [2.24, 2.45) is 0 Å². The van der Waals surface area contributed by atoms with Crippen molar-refractivity contribution in [1.82, 2.24) is 9.97 Å². The van der Waals surface area contributed by atoms with E-state index in [2.05, 4.69) is 9.97 Å². The molecule has 76 valence electrons. The minimum Gasteiger partial charge on any atom is -0.396 e. The smallest absolute Gasteiger partial charge is 0.130 e. The van der Waals surface area contributed by atoms with Gasteiger partial charge in [0.1, 0.15) is 5.82 Å². The first kappa shape index (κ1) is 9.93. The van der Waals surface area contributed by atoms with Gasteiger partial charge in [0.15, 0.2) is 0 Å². The van der Waals surface area contributed by atoms with Gasteiger partial charge in [-0.2, -0.15) is 11.8 Å². The Morgan fingerprint density at radius 3 is 3.07 bits per heavy atom. The molecule has 0 radical (unpaired) electrons. The predicted molar refractivity (Wildman–Crippen MR) is 57.6 cm³/mol. The molecular formula is C10H14N2OS. The number of aliphatic hydroxyl groups is 1. The Hall–Kier alpha value is -0.610. The molecule has 1 N–H and O–H groups in total. The number of thioether (sulfide) groups is 1. The van der Waals surface area contributed by atoms with E-state index in [0.717, 1.165) is 24.4 Å². The van der Waals surface area contributed by atoms with Crippen LogP contribution in [0.1, 0.15) is 17.1 Å². The second-order valence-corrected chi connectivity index (χ2v) is 4.57. The molecule has 1 aromatic heterocycles. The van der Waals surface area contributed by atoms with Crippen molar-refractivity contribution in [3.8, 4) is 0 Å². The number of aliphatic hydroxyl groups excluding tert-OH is 1. The lowest BCUT2D eigenvalue weighted by molar-refractivity contribution is 0.296. The fraction of sp³-hybridized carbons (Fsp3) is 0.600. The Morgan fingerprint density at radius 2 is 2.21 bits per heavy atom. The highest BCUT2D eigenvalue weighted by Gasteiger charge is 2.10. The van der Waals surface area contributed by atoms with E-state index in [4.69, 9.17) is 5.11 Å². The minimum absolute atomic E-state index is 0.132. The van der Waals surface area contributed by atoms with Crippen molar-refractivity contribution in [2.75, 3.05) is 18.1 Å². The standard InChI is InChI=1S/C10H14N2OS/c13-4-1-10-11-7-8-2-5-14-6-3-9(8)12-10/h7,13H,1-6H2. The molecular weight excluding hydrogens is 196 g/mol. The van der Waals surface area contributed by atoms with Crippen molar-refractivity contribution < 1.29 is 5.11 Å². The van der Waals surface area contributed by atoms with Gasteiger partial charge in [-0.15, -0.1) is 0 Å². The third kappa shape index (κ3) is 2.25. The number of rotatable bonds is 2. The zero-order valence-electron chi connectivity index (χ0n) is 8.07. The highest BCUT2D eigenvalue weighted by molar-refractivity contribution is 7.99. The number of hydrogen-bond acceptors (Lipinski definition) is 4. The summed E-state index contributed by atoms with van der Waals surface area (Å²) in [5.74, 6) is 3.11. The predicted octanol–water partition coefficient (Wildman–Crippen LogP) is 0.843. The molecule has 0 bridgehead atoms. The number of aromatic nitrogens is 2. The van der Waals surface area contributed by atoms with E-state index in [9.17, 15) is 0 Å². The molecule has 0 saturated heterocycles. The summed E-state index contributed by atoms with van der Waals surface area (Å²) in [7, 11) is 0. The summed E-state index contributed by atoms with van der Waals surface area (Å²) in [5, 5.41) is 8.80. The Kier molecular flexibility index (Phi) is 3.37. The van der Waals surface area contributed by atoms with E-state index in [1.54, 1.807) is 0 Å². The average molecular weight is 210 g/mol. The Balaban J connectivity index is 2.23. The van der Waals surface area contributed by atoms with Gasteiger partial charge >= 0.3 is 0 Å². The van der Waals surface area contributed by atoms with E-state index in [0.29, 0.717) is 6.42 Å². The lowest BCUT2D eigenvalue weighted by Crippen LogP contribution is -2.05. The summed E-state index contributed by atoms with van der Waals surface area (Å²) in [6, 6.07) is 0.